The maximum absolute atomic E-state index is 12.0. The first-order chi connectivity index (χ1) is 7.80. The summed E-state index contributed by atoms with van der Waals surface area (Å²) < 4.78 is 4.95. The number of urea groups is 1. The Hall–Kier alpha value is -1.43. The molecule has 1 atom stereocenters. The van der Waals surface area contributed by atoms with Crippen molar-refractivity contribution in [3.63, 3.8) is 0 Å². The van der Waals surface area contributed by atoms with Gasteiger partial charge in [0.15, 0.2) is 0 Å². The van der Waals surface area contributed by atoms with Crippen molar-refractivity contribution in [3.05, 3.63) is 0 Å². The van der Waals surface area contributed by atoms with E-state index < -0.39 is 23.3 Å². The number of methoxy groups -OCH3 is 1. The Morgan fingerprint density at radius 3 is 2.47 bits per heavy atom. The topological polar surface area (TPSA) is 75.7 Å². The van der Waals surface area contributed by atoms with Crippen molar-refractivity contribution >= 4 is 17.8 Å². The summed E-state index contributed by atoms with van der Waals surface area (Å²) in [5, 5.41) is 2.18. The normalized spacial score (nSPS) is 21.4. The number of nitrogens with one attached hydrogen (secondary N) is 1. The average Bonchev–Trinajstić information content (AvgIpc) is 2.23. The van der Waals surface area contributed by atoms with Gasteiger partial charge in [-0.2, -0.15) is 0 Å². The first kappa shape index (κ1) is 13.6. The van der Waals surface area contributed by atoms with Gasteiger partial charge in [-0.15, -0.1) is 0 Å². The van der Waals surface area contributed by atoms with E-state index in [-0.39, 0.29) is 12.5 Å². The Balaban J connectivity index is 2.81. The molecule has 1 N–H and O–H groups in total. The molecule has 17 heavy (non-hydrogen) atoms. The van der Waals surface area contributed by atoms with E-state index in [1.807, 2.05) is 6.92 Å². The van der Waals surface area contributed by atoms with Gasteiger partial charge in [-0.3, -0.25) is 19.8 Å². The second-order valence-corrected chi connectivity index (χ2v) is 4.86. The zero-order valence-corrected chi connectivity index (χ0v) is 10.6. The Kier molecular flexibility index (Phi) is 3.87. The van der Waals surface area contributed by atoms with Crippen LogP contribution in [0.15, 0.2) is 0 Å². The fourth-order valence-electron chi connectivity index (χ4n) is 1.66. The van der Waals surface area contributed by atoms with E-state index in [0.717, 1.165) is 4.90 Å². The number of imide groups is 2. The van der Waals surface area contributed by atoms with Crippen molar-refractivity contribution in [1.82, 2.24) is 10.2 Å². The van der Waals surface area contributed by atoms with Crippen molar-refractivity contribution in [3.8, 4) is 0 Å². The largest absolute Gasteiger partial charge is 0.384 e. The second kappa shape index (κ2) is 4.83. The molecule has 0 aromatic carbocycles. The number of carbonyl (C=O) groups excluding carboxylic acids is 3. The molecular formula is C11H18N2O4. The molecule has 6 heteroatoms. The first-order valence-electron chi connectivity index (χ1n) is 5.47. The monoisotopic (exact) mass is 242 g/mol. The highest BCUT2D eigenvalue weighted by Gasteiger charge is 2.47. The summed E-state index contributed by atoms with van der Waals surface area (Å²) in [4.78, 5) is 36.2. The van der Waals surface area contributed by atoms with Gasteiger partial charge in [-0.1, -0.05) is 6.92 Å². The minimum absolute atomic E-state index is 0.0266. The van der Waals surface area contributed by atoms with Gasteiger partial charge in [-0.05, 0) is 19.8 Å². The molecule has 0 aromatic rings. The lowest BCUT2D eigenvalue weighted by atomic mass is 9.88. The maximum atomic E-state index is 12.0. The van der Waals surface area contributed by atoms with Gasteiger partial charge in [0.2, 0.25) is 11.8 Å². The number of hydrogen-bond donors (Lipinski definition) is 1. The van der Waals surface area contributed by atoms with Crippen molar-refractivity contribution in [2.24, 2.45) is 11.3 Å². The lowest BCUT2D eigenvalue weighted by Gasteiger charge is -2.35. The number of amides is 4. The number of ether oxygens (including phenoxy) is 1. The molecule has 4 amide bonds. The van der Waals surface area contributed by atoms with Crippen molar-refractivity contribution < 1.29 is 19.1 Å². The number of hydrogen-bond acceptors (Lipinski definition) is 4. The number of barbiturate groups is 1. The molecule has 0 radical (unpaired) electrons. The minimum atomic E-state index is -1.19. The third-order valence-electron chi connectivity index (χ3n) is 2.76. The van der Waals surface area contributed by atoms with Gasteiger partial charge in [0.05, 0.1) is 6.61 Å². The zero-order chi connectivity index (χ0) is 13.2. The van der Waals surface area contributed by atoms with E-state index in [4.69, 9.17) is 4.74 Å². The number of carbonyl (C=O) groups is 3. The van der Waals surface area contributed by atoms with Gasteiger partial charge >= 0.3 is 6.03 Å². The Morgan fingerprint density at radius 2 is 1.94 bits per heavy atom. The van der Waals surface area contributed by atoms with Crippen LogP contribution in [0, 0.1) is 11.3 Å². The van der Waals surface area contributed by atoms with Crippen LogP contribution in [-0.2, 0) is 14.3 Å². The van der Waals surface area contributed by atoms with Crippen molar-refractivity contribution in [2.45, 2.75) is 20.8 Å². The lowest BCUT2D eigenvalue weighted by Crippen LogP contribution is -2.62. The molecular weight excluding hydrogens is 224 g/mol. The lowest BCUT2D eigenvalue weighted by molar-refractivity contribution is -0.149. The third-order valence-corrected chi connectivity index (χ3v) is 2.76. The van der Waals surface area contributed by atoms with Gasteiger partial charge in [0.25, 0.3) is 0 Å². The molecule has 1 heterocycles. The molecule has 96 valence electrons. The molecule has 6 nitrogen and oxygen atoms in total. The van der Waals surface area contributed by atoms with Crippen LogP contribution in [0.1, 0.15) is 20.8 Å². The quantitative estimate of drug-likeness (QED) is 0.723. The van der Waals surface area contributed by atoms with Crippen LogP contribution in [-0.4, -0.2) is 43.0 Å². The molecule has 1 aliphatic rings. The average molecular weight is 242 g/mol. The van der Waals surface area contributed by atoms with Crippen LogP contribution < -0.4 is 5.32 Å². The third kappa shape index (κ3) is 2.63. The summed E-state index contributed by atoms with van der Waals surface area (Å²) in [5.74, 6) is -0.990. The molecule has 1 fully saturated rings. The van der Waals surface area contributed by atoms with E-state index >= 15 is 0 Å². The fraction of sp³-hybridized carbons (Fsp3) is 0.727. The maximum Gasteiger partial charge on any atom is 0.330 e. The van der Waals surface area contributed by atoms with Crippen LogP contribution in [0.2, 0.25) is 0 Å². The summed E-state index contributed by atoms with van der Waals surface area (Å²) in [6, 6.07) is -0.651. The predicted octanol–water partition coefficient (Wildman–Crippen LogP) is 0.373. The smallest absolute Gasteiger partial charge is 0.330 e. The molecule has 1 unspecified atom stereocenters. The molecule has 1 saturated heterocycles. The predicted molar refractivity (Wildman–Crippen MR) is 60.1 cm³/mol. The summed E-state index contributed by atoms with van der Waals surface area (Å²) in [6.45, 7) is 5.57. The molecule has 0 bridgehead atoms. The van der Waals surface area contributed by atoms with Crippen LogP contribution in [0.25, 0.3) is 0 Å². The number of nitrogens with zero attached hydrogens (tertiary/aromatic N) is 1. The standard InChI is InChI=1S/C11H18N2O4/c1-7(6-17-4)5-13-9(15)11(2,3)8(14)12-10(13)16/h7H,5-6H2,1-4H3,(H,12,14,16). The summed E-state index contributed by atoms with van der Waals surface area (Å²) >= 11 is 0. The van der Waals surface area contributed by atoms with E-state index in [1.54, 1.807) is 7.11 Å². The minimum Gasteiger partial charge on any atom is -0.384 e. The highest BCUT2D eigenvalue weighted by molar-refractivity contribution is 6.18. The second-order valence-electron chi connectivity index (χ2n) is 4.86. The van der Waals surface area contributed by atoms with Gasteiger partial charge in [-0.25, -0.2) is 4.79 Å². The van der Waals surface area contributed by atoms with Crippen LogP contribution in [0.3, 0.4) is 0 Å². The van der Waals surface area contributed by atoms with Gasteiger partial charge in [0, 0.05) is 13.7 Å². The van der Waals surface area contributed by atoms with E-state index in [9.17, 15) is 14.4 Å². The highest BCUT2D eigenvalue weighted by atomic mass is 16.5. The van der Waals surface area contributed by atoms with Crippen LogP contribution in [0.5, 0.6) is 0 Å². The van der Waals surface area contributed by atoms with Gasteiger partial charge in [0.1, 0.15) is 5.41 Å². The summed E-state index contributed by atoms with van der Waals surface area (Å²) in [7, 11) is 1.56. The van der Waals surface area contributed by atoms with E-state index in [2.05, 4.69) is 5.32 Å². The molecule has 0 aromatic heterocycles. The van der Waals surface area contributed by atoms with Gasteiger partial charge < -0.3 is 4.74 Å². The highest BCUT2D eigenvalue weighted by Crippen LogP contribution is 2.23. The fourth-order valence-corrected chi connectivity index (χ4v) is 1.66. The molecule has 0 aliphatic carbocycles. The van der Waals surface area contributed by atoms with E-state index in [0.29, 0.717) is 6.61 Å². The molecule has 1 rings (SSSR count). The Labute approximate surface area is 100 Å². The van der Waals surface area contributed by atoms with E-state index in [1.165, 1.54) is 13.8 Å². The molecule has 1 aliphatic heterocycles. The molecule has 0 spiro atoms. The Bertz CT molecular complexity index is 351. The molecule has 0 saturated carbocycles. The number of rotatable bonds is 4. The Morgan fingerprint density at radius 1 is 1.35 bits per heavy atom. The summed E-state index contributed by atoms with van der Waals surface area (Å²) in [6.07, 6.45) is 0. The zero-order valence-electron chi connectivity index (χ0n) is 10.6. The summed E-state index contributed by atoms with van der Waals surface area (Å²) in [5.41, 5.74) is -1.19. The van der Waals surface area contributed by atoms with Crippen molar-refractivity contribution in [2.75, 3.05) is 20.3 Å². The SMILES string of the molecule is COCC(C)CN1C(=O)NC(=O)C(C)(C)C1=O. The van der Waals surface area contributed by atoms with Crippen molar-refractivity contribution in [1.29, 1.82) is 0 Å². The van der Waals surface area contributed by atoms with Crippen LogP contribution in [0.4, 0.5) is 4.79 Å². The van der Waals surface area contributed by atoms with Crippen LogP contribution >= 0.6 is 0 Å². The first-order valence-corrected chi connectivity index (χ1v) is 5.47.